The molecule has 232 valence electrons. The fraction of sp³-hybridized carbons (Fsp3) is 0.400. The van der Waals surface area contributed by atoms with Crippen molar-refractivity contribution >= 4 is 35.2 Å². The Morgan fingerprint density at radius 1 is 1.07 bits per heavy atom. The number of carboxylic acid groups (broad SMARTS) is 1. The lowest BCUT2D eigenvalue weighted by Crippen LogP contribution is -2.54. The minimum Gasteiger partial charge on any atom is -0.481 e. The highest BCUT2D eigenvalue weighted by atomic mass is 16.4. The van der Waals surface area contributed by atoms with Crippen LogP contribution in [-0.4, -0.2) is 73.3 Å². The summed E-state index contributed by atoms with van der Waals surface area (Å²) in [6, 6.07) is 11.4. The summed E-state index contributed by atoms with van der Waals surface area (Å²) >= 11 is 0. The standard InChI is InChI=1S/C30H36N8O6/c1-3-17(2)27(34-25(39)13-18-7-5-4-6-8-18)30(44)33-22(11-12-26(40)41)28(42)19-9-10-21-20(14-19)15-23(32-21)29(43)31-16-24-35-37-38-36-24/h4-10,14,17,22-23,27,32H,3,11-13,15-16H2,1-2H3,(H,31,43)(H,33,44)(H,34,39)(H,40,41)(H,35,36,37,38). The summed E-state index contributed by atoms with van der Waals surface area (Å²) in [5.41, 5.74) is 2.47. The predicted molar refractivity (Wildman–Crippen MR) is 158 cm³/mol. The number of aliphatic carboxylic acids is 1. The zero-order valence-electron chi connectivity index (χ0n) is 24.5. The highest BCUT2D eigenvalue weighted by Crippen LogP contribution is 2.28. The first-order valence-corrected chi connectivity index (χ1v) is 14.4. The average molecular weight is 605 g/mol. The molecule has 0 radical (unpaired) electrons. The third-order valence-corrected chi connectivity index (χ3v) is 7.57. The molecule has 44 heavy (non-hydrogen) atoms. The van der Waals surface area contributed by atoms with Gasteiger partial charge in [0.05, 0.1) is 19.0 Å². The molecule has 2 heterocycles. The number of Topliss-reactive ketones (excluding diaryl/α,β-unsaturated/α-hetero) is 1. The topological polar surface area (TPSA) is 208 Å². The third-order valence-electron chi connectivity index (χ3n) is 7.57. The molecule has 3 aromatic rings. The maximum absolute atomic E-state index is 13.6. The zero-order valence-corrected chi connectivity index (χ0v) is 24.5. The van der Waals surface area contributed by atoms with E-state index in [-0.39, 0.29) is 49.1 Å². The summed E-state index contributed by atoms with van der Waals surface area (Å²) in [5.74, 6) is -2.68. The van der Waals surface area contributed by atoms with Crippen molar-refractivity contribution in [2.45, 2.75) is 70.6 Å². The number of nitrogens with zero attached hydrogens (tertiary/aromatic N) is 3. The van der Waals surface area contributed by atoms with E-state index in [1.54, 1.807) is 18.2 Å². The summed E-state index contributed by atoms with van der Waals surface area (Å²) < 4.78 is 0. The molecule has 0 fully saturated rings. The Balaban J connectivity index is 1.44. The number of rotatable bonds is 15. The Kier molecular flexibility index (Phi) is 10.7. The van der Waals surface area contributed by atoms with E-state index in [0.29, 0.717) is 24.4 Å². The fourth-order valence-electron chi connectivity index (χ4n) is 4.93. The molecule has 0 spiro atoms. The first kappa shape index (κ1) is 31.8. The summed E-state index contributed by atoms with van der Waals surface area (Å²) in [6.45, 7) is 3.81. The molecule has 6 N–H and O–H groups in total. The van der Waals surface area contributed by atoms with Gasteiger partial charge in [0.2, 0.25) is 17.7 Å². The Morgan fingerprint density at radius 3 is 2.52 bits per heavy atom. The Labute approximate surface area is 253 Å². The number of carboxylic acids is 1. The van der Waals surface area contributed by atoms with Gasteiger partial charge in [0.25, 0.3) is 0 Å². The van der Waals surface area contributed by atoms with Crippen LogP contribution in [0.4, 0.5) is 5.69 Å². The van der Waals surface area contributed by atoms with Gasteiger partial charge in [0, 0.05) is 24.1 Å². The van der Waals surface area contributed by atoms with Crippen molar-refractivity contribution in [3.8, 4) is 0 Å². The Hall–Kier alpha value is -5.14. The number of H-pyrrole nitrogens is 1. The van der Waals surface area contributed by atoms with Crippen molar-refractivity contribution in [2.75, 3.05) is 5.32 Å². The van der Waals surface area contributed by atoms with Crippen LogP contribution < -0.4 is 21.3 Å². The summed E-state index contributed by atoms with van der Waals surface area (Å²) in [6.07, 6.45) is 0.493. The number of carbonyl (C=O) groups is 5. The number of nitrogens with one attached hydrogen (secondary N) is 5. The number of ketones is 1. The number of amides is 3. The maximum atomic E-state index is 13.6. The molecule has 0 aliphatic carbocycles. The SMILES string of the molecule is CCC(C)C(NC(=O)Cc1ccccc1)C(=O)NC(CCC(=O)O)C(=O)c1ccc2c(c1)CC(C(=O)NCc1nn[nH]n1)N2. The molecule has 0 saturated heterocycles. The summed E-state index contributed by atoms with van der Waals surface area (Å²) in [4.78, 5) is 64.0. The number of hydrogen-bond acceptors (Lipinski definition) is 9. The predicted octanol–water partition coefficient (Wildman–Crippen LogP) is 1.16. The minimum absolute atomic E-state index is 0.0850. The van der Waals surface area contributed by atoms with Crippen LogP contribution in [0.25, 0.3) is 0 Å². The van der Waals surface area contributed by atoms with Gasteiger partial charge in [-0.2, -0.15) is 5.21 Å². The molecule has 4 unspecified atom stereocenters. The molecular formula is C30H36N8O6. The second-order valence-electron chi connectivity index (χ2n) is 10.8. The van der Waals surface area contributed by atoms with Gasteiger partial charge in [-0.25, -0.2) is 0 Å². The van der Waals surface area contributed by atoms with E-state index in [4.69, 9.17) is 0 Å². The van der Waals surface area contributed by atoms with Crippen LogP contribution in [0, 0.1) is 5.92 Å². The smallest absolute Gasteiger partial charge is 0.303 e. The first-order valence-electron chi connectivity index (χ1n) is 14.4. The van der Waals surface area contributed by atoms with Gasteiger partial charge in [-0.15, -0.1) is 10.2 Å². The molecule has 3 amide bonds. The number of carbonyl (C=O) groups excluding carboxylic acids is 4. The lowest BCUT2D eigenvalue weighted by molar-refractivity contribution is -0.137. The van der Waals surface area contributed by atoms with Crippen molar-refractivity contribution in [1.29, 1.82) is 0 Å². The highest BCUT2D eigenvalue weighted by Gasteiger charge is 2.32. The molecule has 1 aromatic heterocycles. The van der Waals surface area contributed by atoms with E-state index < -0.39 is 35.8 Å². The van der Waals surface area contributed by atoms with Crippen LogP contribution >= 0.6 is 0 Å². The van der Waals surface area contributed by atoms with Crippen molar-refractivity contribution < 1.29 is 29.1 Å². The first-order chi connectivity index (χ1) is 21.1. The van der Waals surface area contributed by atoms with Gasteiger partial charge in [-0.05, 0) is 41.7 Å². The van der Waals surface area contributed by atoms with Crippen molar-refractivity contribution in [3.05, 3.63) is 71.0 Å². The largest absolute Gasteiger partial charge is 0.481 e. The number of aromatic nitrogens is 4. The number of anilines is 1. The third kappa shape index (κ3) is 8.46. The molecule has 0 bridgehead atoms. The van der Waals surface area contributed by atoms with Gasteiger partial charge in [0.1, 0.15) is 12.1 Å². The van der Waals surface area contributed by atoms with E-state index in [1.807, 2.05) is 44.2 Å². The van der Waals surface area contributed by atoms with Gasteiger partial charge >= 0.3 is 5.97 Å². The lowest BCUT2D eigenvalue weighted by Gasteiger charge is -2.26. The van der Waals surface area contributed by atoms with E-state index in [1.165, 1.54) is 0 Å². The fourth-order valence-corrected chi connectivity index (χ4v) is 4.93. The summed E-state index contributed by atoms with van der Waals surface area (Å²) in [5, 5.41) is 34.0. The van der Waals surface area contributed by atoms with Gasteiger partial charge in [-0.3, -0.25) is 24.0 Å². The van der Waals surface area contributed by atoms with Gasteiger partial charge in [-0.1, -0.05) is 55.8 Å². The van der Waals surface area contributed by atoms with Crippen LogP contribution in [0.2, 0.25) is 0 Å². The molecule has 14 nitrogen and oxygen atoms in total. The molecule has 4 rings (SSSR count). The quantitative estimate of drug-likeness (QED) is 0.136. The average Bonchev–Trinajstić information content (AvgIpc) is 3.70. The maximum Gasteiger partial charge on any atom is 0.303 e. The molecule has 4 atom stereocenters. The molecule has 0 saturated carbocycles. The van der Waals surface area contributed by atoms with Crippen LogP contribution in [-0.2, 0) is 38.6 Å². The van der Waals surface area contributed by atoms with Crippen LogP contribution in [0.15, 0.2) is 48.5 Å². The molecule has 1 aliphatic heterocycles. The van der Waals surface area contributed by atoms with Crippen molar-refractivity contribution in [2.24, 2.45) is 5.92 Å². The van der Waals surface area contributed by atoms with E-state index in [2.05, 4.69) is 41.9 Å². The normalized spacial score (nSPS) is 15.6. The Morgan fingerprint density at radius 2 is 1.84 bits per heavy atom. The lowest BCUT2D eigenvalue weighted by atomic mass is 9.94. The Bertz CT molecular complexity index is 1480. The van der Waals surface area contributed by atoms with Crippen molar-refractivity contribution in [1.82, 2.24) is 36.6 Å². The highest BCUT2D eigenvalue weighted by molar-refractivity contribution is 6.03. The number of aromatic amines is 1. The number of benzene rings is 2. The van der Waals surface area contributed by atoms with E-state index >= 15 is 0 Å². The number of tetrazole rings is 1. The second kappa shape index (κ2) is 14.8. The number of hydrogen-bond donors (Lipinski definition) is 6. The number of fused-ring (bicyclic) bond motifs is 1. The second-order valence-corrected chi connectivity index (χ2v) is 10.8. The van der Waals surface area contributed by atoms with Gasteiger partial charge in [0.15, 0.2) is 11.6 Å². The van der Waals surface area contributed by atoms with E-state index in [9.17, 15) is 29.1 Å². The van der Waals surface area contributed by atoms with Crippen LogP contribution in [0.5, 0.6) is 0 Å². The van der Waals surface area contributed by atoms with Crippen molar-refractivity contribution in [3.63, 3.8) is 0 Å². The molecule has 2 aromatic carbocycles. The summed E-state index contributed by atoms with van der Waals surface area (Å²) in [7, 11) is 0. The minimum atomic E-state index is -1.14. The zero-order chi connectivity index (χ0) is 31.6. The van der Waals surface area contributed by atoms with Crippen LogP contribution in [0.3, 0.4) is 0 Å². The molecule has 1 aliphatic rings. The van der Waals surface area contributed by atoms with Crippen LogP contribution in [0.1, 0.15) is 60.4 Å². The monoisotopic (exact) mass is 604 g/mol. The molecule has 14 heteroatoms. The van der Waals surface area contributed by atoms with Gasteiger partial charge < -0.3 is 26.4 Å². The van der Waals surface area contributed by atoms with E-state index in [0.717, 1.165) is 11.1 Å². The molecular weight excluding hydrogens is 568 g/mol.